The van der Waals surface area contributed by atoms with Gasteiger partial charge in [-0.2, -0.15) is 0 Å². The molecule has 0 bridgehead atoms. The van der Waals surface area contributed by atoms with Crippen molar-refractivity contribution in [2.45, 2.75) is 32.7 Å². The Bertz CT molecular complexity index is 902. The third-order valence-electron chi connectivity index (χ3n) is 4.33. The van der Waals surface area contributed by atoms with Gasteiger partial charge >= 0.3 is 0 Å². The second kappa shape index (κ2) is 5.78. The van der Waals surface area contributed by atoms with Crippen LogP contribution in [0.2, 0.25) is 0 Å². The van der Waals surface area contributed by atoms with Gasteiger partial charge in [0.2, 0.25) is 0 Å². The highest BCUT2D eigenvalue weighted by Gasteiger charge is 2.27. The summed E-state index contributed by atoms with van der Waals surface area (Å²) < 4.78 is 2.40. The molecule has 1 aliphatic carbocycles. The lowest BCUT2D eigenvalue weighted by atomic mass is 10.0. The van der Waals surface area contributed by atoms with Crippen LogP contribution in [0.4, 0.5) is 5.69 Å². The first-order valence-corrected chi connectivity index (χ1v) is 8.83. The number of benzene rings is 1. The van der Waals surface area contributed by atoms with E-state index in [0.29, 0.717) is 6.04 Å². The van der Waals surface area contributed by atoms with Gasteiger partial charge in [-0.3, -0.25) is 4.98 Å². The largest absolute Gasteiger partial charge is 0.313 e. The molecule has 1 aromatic carbocycles. The summed E-state index contributed by atoms with van der Waals surface area (Å²) in [7, 11) is 0. The Balaban J connectivity index is 1.86. The van der Waals surface area contributed by atoms with Gasteiger partial charge in [-0.05, 0) is 61.6 Å². The third kappa shape index (κ3) is 2.86. The van der Waals surface area contributed by atoms with Crippen molar-refractivity contribution in [3.8, 4) is 11.3 Å². The second-order valence-corrected chi connectivity index (χ2v) is 6.96. The maximum Gasteiger partial charge on any atom is 0.190 e. The van der Waals surface area contributed by atoms with Crippen LogP contribution in [-0.2, 0) is 0 Å². The van der Waals surface area contributed by atoms with E-state index < -0.39 is 0 Å². The highest BCUT2D eigenvalue weighted by atomic mass is 32.1. The van der Waals surface area contributed by atoms with Gasteiger partial charge in [-0.1, -0.05) is 12.1 Å². The molecular weight excluding hydrogens is 302 g/mol. The maximum atomic E-state index is 4.81. The highest BCUT2D eigenvalue weighted by molar-refractivity contribution is 7.07. The highest BCUT2D eigenvalue weighted by Crippen LogP contribution is 2.38. The summed E-state index contributed by atoms with van der Waals surface area (Å²) in [4.78, 5) is 10.0. The monoisotopic (exact) mass is 321 g/mol. The van der Waals surface area contributed by atoms with Gasteiger partial charge in [0.15, 0.2) is 4.80 Å². The van der Waals surface area contributed by atoms with Crippen LogP contribution in [0.1, 0.15) is 30.0 Å². The van der Waals surface area contributed by atoms with Crippen LogP contribution in [0.25, 0.3) is 11.3 Å². The molecule has 3 aromatic rings. The fraction of sp³-hybridized carbons (Fsp3) is 0.263. The summed E-state index contributed by atoms with van der Waals surface area (Å²) in [5, 5.41) is 2.23. The summed E-state index contributed by atoms with van der Waals surface area (Å²) in [6, 6.07) is 11.2. The van der Waals surface area contributed by atoms with Crippen LogP contribution >= 0.6 is 11.3 Å². The molecule has 0 atom stereocenters. The van der Waals surface area contributed by atoms with Gasteiger partial charge < -0.3 is 4.57 Å². The molecular formula is C19H19N3S. The fourth-order valence-electron chi connectivity index (χ4n) is 2.73. The topological polar surface area (TPSA) is 30.2 Å². The third-order valence-corrected chi connectivity index (χ3v) is 5.17. The summed E-state index contributed by atoms with van der Waals surface area (Å²) in [5.41, 5.74) is 6.14. The lowest BCUT2D eigenvalue weighted by molar-refractivity contribution is 0.724. The Hall–Kier alpha value is -2.20. The first kappa shape index (κ1) is 14.4. The molecule has 1 aliphatic rings. The van der Waals surface area contributed by atoms with Gasteiger partial charge in [0.1, 0.15) is 0 Å². The zero-order chi connectivity index (χ0) is 15.8. The molecule has 0 spiro atoms. The molecule has 116 valence electrons. The number of hydrogen-bond donors (Lipinski definition) is 0. The van der Waals surface area contributed by atoms with Crippen LogP contribution in [0.15, 0.2) is 53.1 Å². The van der Waals surface area contributed by atoms with Gasteiger partial charge in [-0.25, -0.2) is 4.99 Å². The normalized spacial score (nSPS) is 15.1. The molecule has 1 fully saturated rings. The Morgan fingerprint density at radius 2 is 2.04 bits per heavy atom. The number of pyridine rings is 1. The molecule has 0 aliphatic heterocycles. The molecule has 0 radical (unpaired) electrons. The van der Waals surface area contributed by atoms with Crippen LogP contribution in [0, 0.1) is 13.8 Å². The number of rotatable bonds is 3. The minimum atomic E-state index is 0.591. The van der Waals surface area contributed by atoms with E-state index in [9.17, 15) is 0 Å². The zero-order valence-electron chi connectivity index (χ0n) is 13.4. The van der Waals surface area contributed by atoms with Crippen LogP contribution < -0.4 is 4.80 Å². The second-order valence-electron chi connectivity index (χ2n) is 6.13. The molecule has 0 saturated heterocycles. The first-order valence-electron chi connectivity index (χ1n) is 7.95. The molecule has 0 amide bonds. The van der Waals surface area contributed by atoms with E-state index in [1.807, 2.05) is 18.3 Å². The number of aryl methyl sites for hydroxylation is 2. The van der Waals surface area contributed by atoms with Gasteiger partial charge in [0, 0.05) is 17.6 Å². The maximum absolute atomic E-state index is 4.81. The van der Waals surface area contributed by atoms with Crippen molar-refractivity contribution in [2.24, 2.45) is 4.99 Å². The van der Waals surface area contributed by atoms with Crippen LogP contribution in [0.3, 0.4) is 0 Å². The molecule has 23 heavy (non-hydrogen) atoms. The van der Waals surface area contributed by atoms with Gasteiger partial charge in [0.05, 0.1) is 17.6 Å². The first-order chi connectivity index (χ1) is 11.2. The molecule has 3 nitrogen and oxygen atoms in total. The molecule has 4 heteroatoms. The van der Waals surface area contributed by atoms with Crippen molar-refractivity contribution in [1.29, 1.82) is 0 Å². The van der Waals surface area contributed by atoms with E-state index in [1.54, 1.807) is 17.5 Å². The number of nitrogens with zero attached hydrogens (tertiary/aromatic N) is 3. The molecule has 0 unspecified atom stereocenters. The zero-order valence-corrected chi connectivity index (χ0v) is 14.2. The van der Waals surface area contributed by atoms with Crippen molar-refractivity contribution in [1.82, 2.24) is 9.55 Å². The number of aromatic nitrogens is 2. The molecule has 0 N–H and O–H groups in total. The molecule has 1 saturated carbocycles. The lowest BCUT2D eigenvalue weighted by Gasteiger charge is -2.09. The summed E-state index contributed by atoms with van der Waals surface area (Å²) in [6.45, 7) is 4.33. The fourth-order valence-corrected chi connectivity index (χ4v) is 3.71. The van der Waals surface area contributed by atoms with Crippen LogP contribution in [0.5, 0.6) is 0 Å². The Morgan fingerprint density at radius 3 is 2.74 bits per heavy atom. The van der Waals surface area contributed by atoms with Gasteiger partial charge in [0.25, 0.3) is 0 Å². The predicted molar refractivity (Wildman–Crippen MR) is 95.0 cm³/mol. The van der Waals surface area contributed by atoms with Crippen molar-refractivity contribution < 1.29 is 0 Å². The van der Waals surface area contributed by atoms with Crippen LogP contribution in [-0.4, -0.2) is 9.55 Å². The Labute approximate surface area is 140 Å². The smallest absolute Gasteiger partial charge is 0.190 e. The number of thiazole rings is 1. The van der Waals surface area contributed by atoms with E-state index >= 15 is 0 Å². The van der Waals surface area contributed by atoms with Crippen molar-refractivity contribution in [3.05, 3.63) is 64.0 Å². The molecule has 4 rings (SSSR count). The van der Waals surface area contributed by atoms with Gasteiger partial charge in [-0.15, -0.1) is 11.3 Å². The molecule has 2 heterocycles. The summed E-state index contributed by atoms with van der Waals surface area (Å²) in [5.74, 6) is 0. The molecule has 2 aromatic heterocycles. The van der Waals surface area contributed by atoms with E-state index in [4.69, 9.17) is 4.99 Å². The average Bonchev–Trinajstić information content (AvgIpc) is 3.32. The van der Waals surface area contributed by atoms with E-state index in [-0.39, 0.29) is 0 Å². The van der Waals surface area contributed by atoms with Crippen molar-refractivity contribution >= 4 is 17.0 Å². The quantitative estimate of drug-likeness (QED) is 0.682. The van der Waals surface area contributed by atoms with E-state index in [2.05, 4.69) is 47.0 Å². The minimum absolute atomic E-state index is 0.591. The minimum Gasteiger partial charge on any atom is -0.313 e. The van der Waals surface area contributed by atoms with Crippen molar-refractivity contribution in [3.63, 3.8) is 0 Å². The SMILES string of the molecule is Cc1ccc(-c2csc(=Nc3cccnc3)n2C2CC2)cc1C. The van der Waals surface area contributed by atoms with Crippen molar-refractivity contribution in [2.75, 3.05) is 0 Å². The summed E-state index contributed by atoms with van der Waals surface area (Å²) >= 11 is 1.71. The summed E-state index contributed by atoms with van der Waals surface area (Å²) in [6.07, 6.45) is 6.08. The average molecular weight is 321 g/mol. The number of hydrogen-bond acceptors (Lipinski definition) is 3. The Kier molecular flexibility index (Phi) is 3.62. The predicted octanol–water partition coefficient (Wildman–Crippen LogP) is 4.80. The van der Waals surface area contributed by atoms with E-state index in [1.165, 1.54) is 35.2 Å². The van der Waals surface area contributed by atoms with E-state index in [0.717, 1.165) is 10.5 Å². The Morgan fingerprint density at radius 1 is 1.17 bits per heavy atom. The lowest BCUT2D eigenvalue weighted by Crippen LogP contribution is -2.14. The standard InChI is InChI=1S/C19H19N3S/c1-13-5-6-15(10-14(13)2)18-12-23-19(22(18)17-7-8-17)21-16-4-3-9-20-11-16/h3-6,9-12,17H,7-8H2,1-2H3.